The predicted molar refractivity (Wildman–Crippen MR) is 106 cm³/mol. The molecule has 0 radical (unpaired) electrons. The zero-order chi connectivity index (χ0) is 17.7. The summed E-state index contributed by atoms with van der Waals surface area (Å²) in [6.07, 6.45) is 4.03. The molecular weight excluding hydrogens is 288 g/mol. The van der Waals surface area contributed by atoms with Crippen LogP contribution in [0.1, 0.15) is 69.4 Å². The highest BCUT2D eigenvalue weighted by Gasteiger charge is 2.26. The first-order valence-electron chi connectivity index (χ1n) is 9.02. The van der Waals surface area contributed by atoms with Crippen LogP contribution in [0.2, 0.25) is 0 Å². The normalized spacial score (nSPS) is 13.6. The first-order chi connectivity index (χ1) is 11.1. The zero-order valence-corrected chi connectivity index (χ0v) is 16.1. The van der Waals surface area contributed by atoms with Gasteiger partial charge in [0.2, 0.25) is 0 Å². The van der Waals surface area contributed by atoms with Crippen LogP contribution < -0.4 is 0 Å². The molecule has 0 saturated heterocycles. The highest BCUT2D eigenvalue weighted by Crippen LogP contribution is 2.43. The summed E-state index contributed by atoms with van der Waals surface area (Å²) in [6, 6.07) is 11.9. The molecule has 0 fully saturated rings. The van der Waals surface area contributed by atoms with Crippen molar-refractivity contribution in [1.82, 2.24) is 0 Å². The largest absolute Gasteiger partial charge is 0.103 e. The molecule has 24 heavy (non-hydrogen) atoms. The number of hydrogen-bond donors (Lipinski definition) is 0. The second-order valence-electron chi connectivity index (χ2n) is 9.21. The van der Waals surface area contributed by atoms with Gasteiger partial charge in [0.05, 0.1) is 0 Å². The number of hydrogen-bond acceptors (Lipinski definition) is 0. The van der Waals surface area contributed by atoms with Crippen LogP contribution in [-0.2, 0) is 23.7 Å². The quantitative estimate of drug-likeness (QED) is 0.468. The Hall–Kier alpha value is -1.82. The van der Waals surface area contributed by atoms with Gasteiger partial charge < -0.3 is 0 Å². The molecule has 0 heteroatoms. The third kappa shape index (κ3) is 2.95. The highest BCUT2D eigenvalue weighted by atomic mass is 14.3. The van der Waals surface area contributed by atoms with Crippen LogP contribution in [0.4, 0.5) is 0 Å². The monoisotopic (exact) mass is 318 g/mol. The van der Waals surface area contributed by atoms with Gasteiger partial charge in [0.1, 0.15) is 0 Å². The molecule has 0 aliphatic heterocycles. The molecule has 1 aliphatic carbocycles. The summed E-state index contributed by atoms with van der Waals surface area (Å²) in [5.74, 6) is 0. The lowest BCUT2D eigenvalue weighted by molar-refractivity contribution is 0.589. The summed E-state index contributed by atoms with van der Waals surface area (Å²) in [6.45, 7) is 17.7. The summed E-state index contributed by atoms with van der Waals surface area (Å²) in [7, 11) is 0. The van der Waals surface area contributed by atoms with Crippen LogP contribution >= 0.6 is 0 Å². The average Bonchev–Trinajstić information content (AvgIpc) is 2.83. The number of fused-ring (bicyclic) bond motifs is 3. The van der Waals surface area contributed by atoms with Gasteiger partial charge in [-0.05, 0) is 62.6 Å². The van der Waals surface area contributed by atoms with Crippen LogP contribution in [-0.4, -0.2) is 0 Å². The lowest BCUT2D eigenvalue weighted by atomic mass is 9.82. The van der Waals surface area contributed by atoms with Crippen LogP contribution in [0.15, 0.2) is 43.0 Å². The maximum Gasteiger partial charge on any atom is -0.00131 e. The van der Waals surface area contributed by atoms with Gasteiger partial charge >= 0.3 is 0 Å². The van der Waals surface area contributed by atoms with E-state index in [1.165, 1.54) is 38.9 Å². The molecule has 0 N–H and O–H groups in total. The van der Waals surface area contributed by atoms with E-state index in [0.29, 0.717) is 0 Å². The molecule has 0 saturated carbocycles. The molecule has 0 spiro atoms. The van der Waals surface area contributed by atoms with Gasteiger partial charge in [-0.15, -0.1) is 6.58 Å². The average molecular weight is 319 g/mol. The molecule has 0 bridgehead atoms. The third-order valence-electron chi connectivity index (χ3n) is 5.15. The Kier molecular flexibility index (Phi) is 3.98. The second-order valence-corrected chi connectivity index (χ2v) is 9.21. The molecule has 2 aromatic carbocycles. The minimum absolute atomic E-state index is 0.177. The van der Waals surface area contributed by atoms with E-state index in [4.69, 9.17) is 0 Å². The fourth-order valence-corrected chi connectivity index (χ4v) is 3.66. The van der Waals surface area contributed by atoms with Crippen LogP contribution in [0, 0.1) is 0 Å². The summed E-state index contributed by atoms with van der Waals surface area (Å²) in [5, 5.41) is 0. The minimum Gasteiger partial charge on any atom is -0.103 e. The van der Waals surface area contributed by atoms with Crippen molar-refractivity contribution in [2.24, 2.45) is 0 Å². The van der Waals surface area contributed by atoms with Crippen molar-refractivity contribution in [1.29, 1.82) is 0 Å². The predicted octanol–water partition coefficient (Wildman–Crippen LogP) is 6.58. The van der Waals surface area contributed by atoms with E-state index in [-0.39, 0.29) is 10.8 Å². The van der Waals surface area contributed by atoms with Crippen molar-refractivity contribution in [2.75, 3.05) is 0 Å². The molecule has 3 rings (SSSR count). The van der Waals surface area contributed by atoms with E-state index < -0.39 is 0 Å². The summed E-state index contributed by atoms with van der Waals surface area (Å²) >= 11 is 0. The van der Waals surface area contributed by atoms with Gasteiger partial charge in [-0.3, -0.25) is 0 Å². The van der Waals surface area contributed by atoms with E-state index in [9.17, 15) is 0 Å². The molecule has 126 valence electrons. The molecule has 0 nitrogen and oxygen atoms in total. The van der Waals surface area contributed by atoms with Crippen molar-refractivity contribution in [3.8, 4) is 11.1 Å². The van der Waals surface area contributed by atoms with Crippen LogP contribution in [0.3, 0.4) is 0 Å². The standard InChI is InChI=1S/C24H30/c1-8-9-16-13-20(24(5,6)7)15-18-12-17-14-19(23(2,3)4)10-11-21(17)22(16)18/h8,10-11,13-15H,1,9,12H2,2-7H3. The molecule has 0 amide bonds. The fraction of sp³-hybridized carbons (Fsp3) is 0.417. The Morgan fingerprint density at radius 1 is 0.875 bits per heavy atom. The first-order valence-corrected chi connectivity index (χ1v) is 9.02. The summed E-state index contributed by atoms with van der Waals surface area (Å²) in [5.41, 5.74) is 10.5. The lowest BCUT2D eigenvalue weighted by Crippen LogP contribution is -2.12. The van der Waals surface area contributed by atoms with E-state index in [2.05, 4.69) is 78.5 Å². The molecule has 0 atom stereocenters. The van der Waals surface area contributed by atoms with Gasteiger partial charge in [-0.25, -0.2) is 0 Å². The summed E-state index contributed by atoms with van der Waals surface area (Å²) in [4.78, 5) is 0. The van der Waals surface area contributed by atoms with Crippen molar-refractivity contribution in [3.05, 3.63) is 70.8 Å². The van der Waals surface area contributed by atoms with Gasteiger partial charge in [0.25, 0.3) is 0 Å². The molecule has 2 aromatic rings. The molecule has 0 heterocycles. The van der Waals surface area contributed by atoms with E-state index >= 15 is 0 Å². The van der Waals surface area contributed by atoms with E-state index in [1.54, 1.807) is 0 Å². The lowest BCUT2D eigenvalue weighted by Gasteiger charge is -2.22. The Bertz CT molecular complexity index is 792. The number of allylic oxidation sites excluding steroid dienone is 1. The Morgan fingerprint density at radius 3 is 2.08 bits per heavy atom. The van der Waals surface area contributed by atoms with Crippen LogP contribution in [0.25, 0.3) is 11.1 Å². The van der Waals surface area contributed by atoms with Gasteiger partial charge in [-0.1, -0.05) is 78.0 Å². The number of benzene rings is 2. The van der Waals surface area contributed by atoms with Crippen molar-refractivity contribution >= 4 is 0 Å². The first kappa shape index (κ1) is 17.0. The van der Waals surface area contributed by atoms with Crippen molar-refractivity contribution in [3.63, 3.8) is 0 Å². The molecular formula is C24H30. The Labute approximate surface area is 147 Å². The van der Waals surface area contributed by atoms with E-state index in [0.717, 1.165) is 12.8 Å². The van der Waals surface area contributed by atoms with Crippen LogP contribution in [0.5, 0.6) is 0 Å². The van der Waals surface area contributed by atoms with Gasteiger partial charge in [0.15, 0.2) is 0 Å². The molecule has 0 unspecified atom stereocenters. The zero-order valence-electron chi connectivity index (χ0n) is 16.1. The topological polar surface area (TPSA) is 0 Å². The highest BCUT2D eigenvalue weighted by molar-refractivity contribution is 5.80. The molecule has 1 aliphatic rings. The minimum atomic E-state index is 0.177. The van der Waals surface area contributed by atoms with Gasteiger partial charge in [0, 0.05) is 0 Å². The van der Waals surface area contributed by atoms with E-state index in [1.807, 2.05) is 6.08 Å². The smallest absolute Gasteiger partial charge is 0.00131 e. The second kappa shape index (κ2) is 5.62. The Balaban J connectivity index is 2.17. The third-order valence-corrected chi connectivity index (χ3v) is 5.15. The SMILES string of the molecule is C=CCc1cc(C(C)(C)C)cc2c1-c1ccc(C(C)(C)C)cc1C2. The summed E-state index contributed by atoms with van der Waals surface area (Å²) < 4.78 is 0. The fourth-order valence-electron chi connectivity index (χ4n) is 3.66. The molecule has 0 aromatic heterocycles. The van der Waals surface area contributed by atoms with Crippen molar-refractivity contribution in [2.45, 2.75) is 65.2 Å². The van der Waals surface area contributed by atoms with Gasteiger partial charge in [-0.2, -0.15) is 0 Å². The number of rotatable bonds is 2. The van der Waals surface area contributed by atoms with Crippen molar-refractivity contribution < 1.29 is 0 Å². The maximum absolute atomic E-state index is 3.98. The Morgan fingerprint density at radius 2 is 1.50 bits per heavy atom. The maximum atomic E-state index is 3.98.